The Balaban J connectivity index is 1.76. The van der Waals surface area contributed by atoms with Crippen LogP contribution in [0.2, 0.25) is 0 Å². The van der Waals surface area contributed by atoms with Crippen molar-refractivity contribution in [1.29, 1.82) is 0 Å². The average Bonchev–Trinajstić information content (AvgIpc) is 2.58. The number of rotatable bonds is 5. The van der Waals surface area contributed by atoms with Crippen LogP contribution >= 0.6 is 0 Å². The van der Waals surface area contributed by atoms with Crippen molar-refractivity contribution in [3.05, 3.63) is 35.1 Å². The fourth-order valence-electron chi connectivity index (χ4n) is 3.23. The molecule has 27 heavy (non-hydrogen) atoms. The molecule has 0 spiro atoms. The Morgan fingerprint density at radius 1 is 1.22 bits per heavy atom. The second kappa shape index (κ2) is 8.83. The number of carbonyl (C=O) groups is 2. The highest BCUT2D eigenvalue weighted by atomic mass is 19.1. The van der Waals surface area contributed by atoms with E-state index >= 15 is 0 Å². The first kappa shape index (κ1) is 21.4. The summed E-state index contributed by atoms with van der Waals surface area (Å²) in [4.78, 5) is 28.6. The highest BCUT2D eigenvalue weighted by molar-refractivity contribution is 5.94. The first-order valence-electron chi connectivity index (χ1n) is 9.60. The number of amides is 2. The number of likely N-dealkylation sites (tertiary alicyclic amines) is 1. The van der Waals surface area contributed by atoms with Crippen LogP contribution in [0, 0.1) is 18.7 Å². The molecule has 2 rings (SSSR count). The smallest absolute Gasteiger partial charge is 0.251 e. The van der Waals surface area contributed by atoms with Crippen LogP contribution in [0.1, 0.15) is 49.5 Å². The van der Waals surface area contributed by atoms with Crippen LogP contribution in [0.4, 0.5) is 4.39 Å². The Labute approximate surface area is 161 Å². The molecule has 1 aliphatic heterocycles. The van der Waals surface area contributed by atoms with E-state index in [-0.39, 0.29) is 17.4 Å². The first-order valence-corrected chi connectivity index (χ1v) is 9.60. The minimum Gasteiger partial charge on any atom is -0.352 e. The minimum atomic E-state index is -0.390. The summed E-state index contributed by atoms with van der Waals surface area (Å²) in [5.74, 6) is -0.105. The Morgan fingerprint density at radius 2 is 1.85 bits per heavy atom. The van der Waals surface area contributed by atoms with E-state index in [1.807, 2.05) is 27.8 Å². The predicted octanol–water partition coefficient (Wildman–Crippen LogP) is 2.83. The molecule has 0 bridgehead atoms. The summed E-state index contributed by atoms with van der Waals surface area (Å²) in [6.45, 7) is 10.6. The predicted molar refractivity (Wildman–Crippen MR) is 105 cm³/mol. The van der Waals surface area contributed by atoms with E-state index < -0.39 is 5.82 Å². The molecule has 1 aromatic carbocycles. The molecule has 1 N–H and O–H groups in total. The van der Waals surface area contributed by atoms with Crippen LogP contribution in [-0.2, 0) is 4.79 Å². The minimum absolute atomic E-state index is 0.135. The van der Waals surface area contributed by atoms with Gasteiger partial charge >= 0.3 is 0 Å². The number of nitrogens with one attached hydrogen (secondary N) is 1. The fourth-order valence-corrected chi connectivity index (χ4v) is 3.23. The van der Waals surface area contributed by atoms with Crippen molar-refractivity contribution >= 4 is 11.8 Å². The molecule has 1 aliphatic rings. The molecule has 0 aliphatic carbocycles. The molecule has 0 aromatic heterocycles. The molecular formula is C21H32FN3O2. The van der Waals surface area contributed by atoms with Crippen LogP contribution in [-0.4, -0.2) is 60.4 Å². The lowest BCUT2D eigenvalue weighted by Gasteiger charge is -2.36. The van der Waals surface area contributed by atoms with Gasteiger partial charge in [-0.2, -0.15) is 0 Å². The van der Waals surface area contributed by atoms with E-state index in [0.29, 0.717) is 24.6 Å². The Kier molecular flexibility index (Phi) is 6.98. The van der Waals surface area contributed by atoms with Crippen LogP contribution in [0.3, 0.4) is 0 Å². The zero-order valence-corrected chi connectivity index (χ0v) is 17.1. The van der Waals surface area contributed by atoms with E-state index in [1.165, 1.54) is 12.1 Å². The Morgan fingerprint density at radius 3 is 2.41 bits per heavy atom. The number of hydrogen-bond acceptors (Lipinski definition) is 3. The maximum atomic E-state index is 13.4. The molecule has 6 heteroatoms. The topological polar surface area (TPSA) is 52.7 Å². The van der Waals surface area contributed by atoms with Crippen molar-refractivity contribution in [3.63, 3.8) is 0 Å². The Hall–Kier alpha value is -1.95. The largest absolute Gasteiger partial charge is 0.352 e. The van der Waals surface area contributed by atoms with Gasteiger partial charge in [-0.3, -0.25) is 14.5 Å². The molecule has 1 fully saturated rings. The molecule has 0 atom stereocenters. The lowest BCUT2D eigenvalue weighted by molar-refractivity contribution is -0.135. The lowest BCUT2D eigenvalue weighted by atomic mass is 9.96. The molecule has 0 unspecified atom stereocenters. The van der Waals surface area contributed by atoms with Crippen LogP contribution in [0.25, 0.3) is 0 Å². The molecular weight excluding hydrogens is 345 g/mol. The van der Waals surface area contributed by atoms with Crippen molar-refractivity contribution in [1.82, 2.24) is 15.1 Å². The van der Waals surface area contributed by atoms with Gasteiger partial charge in [0.25, 0.3) is 5.91 Å². The number of halogens is 1. The van der Waals surface area contributed by atoms with Gasteiger partial charge in [-0.05, 0) is 83.3 Å². The summed E-state index contributed by atoms with van der Waals surface area (Å²) in [6.07, 6.45) is 1.88. The maximum absolute atomic E-state index is 13.4. The van der Waals surface area contributed by atoms with E-state index in [4.69, 9.17) is 0 Å². The normalized spacial score (nSPS) is 16.2. The van der Waals surface area contributed by atoms with Crippen LogP contribution < -0.4 is 5.32 Å². The third-order valence-electron chi connectivity index (χ3n) is 5.30. The second-order valence-electron chi connectivity index (χ2n) is 8.57. The number of carbonyl (C=O) groups excluding carboxylic acids is 2. The van der Waals surface area contributed by atoms with Gasteiger partial charge in [-0.25, -0.2) is 4.39 Å². The van der Waals surface area contributed by atoms with E-state index in [1.54, 1.807) is 17.9 Å². The number of nitrogens with zero attached hydrogens (tertiary/aromatic N) is 2. The quantitative estimate of drug-likeness (QED) is 0.859. The molecule has 2 amide bonds. The zero-order chi connectivity index (χ0) is 20.2. The van der Waals surface area contributed by atoms with Gasteiger partial charge in [0.1, 0.15) is 5.82 Å². The van der Waals surface area contributed by atoms with Crippen molar-refractivity contribution < 1.29 is 14.0 Å². The maximum Gasteiger partial charge on any atom is 0.251 e. The highest BCUT2D eigenvalue weighted by Crippen LogP contribution is 2.18. The van der Waals surface area contributed by atoms with E-state index in [0.717, 1.165) is 31.5 Å². The molecule has 150 valence electrons. The van der Waals surface area contributed by atoms with Crippen molar-refractivity contribution in [2.75, 3.05) is 33.2 Å². The summed E-state index contributed by atoms with van der Waals surface area (Å²) in [5, 5.41) is 2.92. The molecule has 1 aromatic rings. The third-order valence-corrected chi connectivity index (χ3v) is 5.30. The summed E-state index contributed by atoms with van der Waals surface area (Å²) < 4.78 is 13.4. The first-order chi connectivity index (χ1) is 12.6. The molecule has 1 saturated heterocycles. The van der Waals surface area contributed by atoms with Crippen molar-refractivity contribution in [2.24, 2.45) is 5.92 Å². The summed E-state index contributed by atoms with van der Waals surface area (Å²) >= 11 is 0. The molecule has 0 saturated carbocycles. The van der Waals surface area contributed by atoms with E-state index in [2.05, 4.69) is 10.2 Å². The van der Waals surface area contributed by atoms with Gasteiger partial charge in [0.2, 0.25) is 5.91 Å². The van der Waals surface area contributed by atoms with Gasteiger partial charge in [-0.15, -0.1) is 0 Å². The van der Waals surface area contributed by atoms with Gasteiger partial charge in [-0.1, -0.05) is 0 Å². The third kappa shape index (κ3) is 6.31. The molecule has 5 nitrogen and oxygen atoms in total. The lowest BCUT2D eigenvalue weighted by Crippen LogP contribution is -2.49. The van der Waals surface area contributed by atoms with Crippen molar-refractivity contribution in [3.8, 4) is 0 Å². The number of piperidine rings is 1. The number of hydrogen-bond donors (Lipinski definition) is 1. The number of benzene rings is 1. The van der Waals surface area contributed by atoms with E-state index in [9.17, 15) is 14.0 Å². The van der Waals surface area contributed by atoms with Gasteiger partial charge in [0.15, 0.2) is 0 Å². The number of likely N-dealkylation sites (N-methyl/N-ethyl adjacent to an activating group) is 1. The standard InChI is InChI=1S/C21H32FN3O2/c1-15-10-17(12-18(22)11-15)20(27)23-13-16-6-8-25(9-7-16)14-19(26)24(5)21(2,3)4/h10-12,16H,6-9,13-14H2,1-5H3,(H,23,27). The Bertz CT molecular complexity index is 656. The van der Waals surface area contributed by atoms with Gasteiger partial charge in [0, 0.05) is 24.7 Å². The fraction of sp³-hybridized carbons (Fsp3) is 0.619. The van der Waals surface area contributed by atoms with Crippen LogP contribution in [0.15, 0.2) is 18.2 Å². The zero-order valence-electron chi connectivity index (χ0n) is 17.1. The second-order valence-corrected chi connectivity index (χ2v) is 8.57. The van der Waals surface area contributed by atoms with Crippen LogP contribution in [0.5, 0.6) is 0 Å². The van der Waals surface area contributed by atoms with Crippen molar-refractivity contribution in [2.45, 2.75) is 46.1 Å². The highest BCUT2D eigenvalue weighted by Gasteiger charge is 2.26. The summed E-state index contributed by atoms with van der Waals surface area (Å²) in [6, 6.07) is 4.37. The van der Waals surface area contributed by atoms with Gasteiger partial charge < -0.3 is 10.2 Å². The summed E-state index contributed by atoms with van der Waals surface area (Å²) in [7, 11) is 1.85. The van der Waals surface area contributed by atoms with Gasteiger partial charge in [0.05, 0.1) is 6.54 Å². The SMILES string of the molecule is Cc1cc(F)cc(C(=O)NCC2CCN(CC(=O)N(C)C(C)(C)C)CC2)c1. The monoisotopic (exact) mass is 377 g/mol. The average molecular weight is 378 g/mol. The number of aryl methyl sites for hydroxylation is 1. The molecule has 1 heterocycles. The molecule has 0 radical (unpaired) electrons. The summed E-state index contributed by atoms with van der Waals surface area (Å²) in [5.41, 5.74) is 0.925.